The van der Waals surface area contributed by atoms with E-state index in [0.717, 1.165) is 19.1 Å². The second kappa shape index (κ2) is 7.61. The van der Waals surface area contributed by atoms with Crippen LogP contribution in [0, 0.1) is 11.3 Å². The summed E-state index contributed by atoms with van der Waals surface area (Å²) in [5, 5.41) is 11.3. The summed E-state index contributed by atoms with van der Waals surface area (Å²) in [6, 6.07) is 1.16. The van der Waals surface area contributed by atoms with Crippen molar-refractivity contribution >= 4 is 28.9 Å². The number of carbonyl (C=O) groups excluding carboxylic acids is 1. The first-order chi connectivity index (χ1) is 15.6. The van der Waals surface area contributed by atoms with Gasteiger partial charge in [-0.2, -0.15) is 13.9 Å². The Labute approximate surface area is 187 Å². The highest BCUT2D eigenvalue weighted by Crippen LogP contribution is 2.57. The van der Waals surface area contributed by atoms with Gasteiger partial charge in [-0.05, 0) is 33.1 Å². The molecule has 3 aromatic heterocycles. The number of ether oxygens (including phenoxy) is 3. The molecular weight excluding hydrogens is 440 g/mol. The maximum absolute atomic E-state index is 12.8. The average Bonchev–Trinajstić information content (AvgIpc) is 3.04. The number of anilines is 2. The van der Waals surface area contributed by atoms with Crippen molar-refractivity contribution in [3.05, 3.63) is 18.5 Å². The van der Waals surface area contributed by atoms with Gasteiger partial charge in [0.2, 0.25) is 5.88 Å². The number of aromatic nitrogens is 6. The zero-order chi connectivity index (χ0) is 23.4. The second-order valence-electron chi connectivity index (χ2n) is 9.31. The third-order valence-electron chi connectivity index (χ3n) is 5.59. The van der Waals surface area contributed by atoms with Gasteiger partial charge in [-0.1, -0.05) is 0 Å². The summed E-state index contributed by atoms with van der Waals surface area (Å²) in [5.41, 5.74) is 0.451. The number of alkyl halides is 2. The van der Waals surface area contributed by atoms with Gasteiger partial charge in [-0.15, -0.1) is 9.78 Å². The van der Waals surface area contributed by atoms with E-state index in [0.29, 0.717) is 40.7 Å². The minimum atomic E-state index is -3.15. The molecule has 33 heavy (non-hydrogen) atoms. The van der Waals surface area contributed by atoms with Crippen molar-refractivity contribution in [3.63, 3.8) is 0 Å². The molecule has 0 spiro atoms. The van der Waals surface area contributed by atoms with Gasteiger partial charge in [0.1, 0.15) is 11.1 Å². The molecule has 1 aliphatic carbocycles. The predicted octanol–water partition coefficient (Wildman–Crippen LogP) is 3.19. The SMILES string of the molecule is CC(C)(C)OC(=O)n1nc(Nc2cnc3cnn(CC45COCC4C5)c3n2)cc1OC(F)F. The van der Waals surface area contributed by atoms with Crippen LogP contribution in [-0.2, 0) is 16.0 Å². The molecule has 176 valence electrons. The van der Waals surface area contributed by atoms with Crippen molar-refractivity contribution in [2.24, 2.45) is 11.3 Å². The lowest BCUT2D eigenvalue weighted by Gasteiger charge is -2.19. The Hall–Kier alpha value is -3.35. The molecule has 4 heterocycles. The average molecular weight is 463 g/mol. The fourth-order valence-electron chi connectivity index (χ4n) is 3.98. The van der Waals surface area contributed by atoms with Crippen molar-refractivity contribution in [1.29, 1.82) is 0 Å². The summed E-state index contributed by atoms with van der Waals surface area (Å²) < 4.78 is 43.3. The van der Waals surface area contributed by atoms with Gasteiger partial charge in [0.05, 0.1) is 32.2 Å². The van der Waals surface area contributed by atoms with Gasteiger partial charge in [0.15, 0.2) is 17.3 Å². The minimum Gasteiger partial charge on any atom is -0.442 e. The third kappa shape index (κ3) is 4.32. The smallest absolute Gasteiger partial charge is 0.438 e. The second-order valence-corrected chi connectivity index (χ2v) is 9.31. The standard InChI is InChI=1S/C20H23F2N7O4/c1-19(2,3)33-18(30)29-15(32-17(21)22)4-13(27-29)25-14-7-23-12-6-24-28(16(12)26-14)9-20-5-11(20)8-31-10-20/h4,6-7,11,17H,5,8-10H2,1-3H3,(H,25,26,27). The molecule has 2 aliphatic rings. The molecule has 13 heteroatoms. The van der Waals surface area contributed by atoms with E-state index in [1.807, 2.05) is 0 Å². The lowest BCUT2D eigenvalue weighted by atomic mass is 10.1. The fourth-order valence-corrected chi connectivity index (χ4v) is 3.98. The molecule has 1 aliphatic heterocycles. The Morgan fingerprint density at radius 3 is 2.85 bits per heavy atom. The summed E-state index contributed by atoms with van der Waals surface area (Å²) >= 11 is 0. The lowest BCUT2D eigenvalue weighted by Crippen LogP contribution is -2.28. The summed E-state index contributed by atoms with van der Waals surface area (Å²) in [6.07, 6.45) is 3.25. The monoisotopic (exact) mass is 463 g/mol. The normalized spacial score (nSPS) is 21.9. The Balaban J connectivity index is 1.39. The van der Waals surface area contributed by atoms with Crippen molar-refractivity contribution in [3.8, 4) is 5.88 Å². The number of fused-ring (bicyclic) bond motifs is 2. The van der Waals surface area contributed by atoms with E-state index in [1.165, 1.54) is 6.20 Å². The van der Waals surface area contributed by atoms with Crippen LogP contribution in [0.5, 0.6) is 5.88 Å². The summed E-state index contributed by atoms with van der Waals surface area (Å²) in [4.78, 5) is 21.3. The van der Waals surface area contributed by atoms with Crippen LogP contribution in [0.25, 0.3) is 11.2 Å². The van der Waals surface area contributed by atoms with Gasteiger partial charge in [0.25, 0.3) is 0 Å². The molecule has 5 rings (SSSR count). The lowest BCUT2D eigenvalue weighted by molar-refractivity contribution is -0.0557. The quantitative estimate of drug-likeness (QED) is 0.588. The number of halogens is 2. The Kier molecular flexibility index (Phi) is 4.96. The predicted molar refractivity (Wildman–Crippen MR) is 110 cm³/mol. The van der Waals surface area contributed by atoms with Crippen molar-refractivity contribution in [1.82, 2.24) is 29.5 Å². The molecule has 0 bridgehead atoms. The van der Waals surface area contributed by atoms with E-state index >= 15 is 0 Å². The molecule has 1 saturated heterocycles. The maximum Gasteiger partial charge on any atom is 0.438 e. The van der Waals surface area contributed by atoms with E-state index < -0.39 is 24.2 Å². The first-order valence-corrected chi connectivity index (χ1v) is 10.4. The molecule has 2 atom stereocenters. The molecule has 1 saturated carbocycles. The van der Waals surface area contributed by atoms with Gasteiger partial charge in [-0.3, -0.25) is 0 Å². The van der Waals surface area contributed by atoms with Crippen LogP contribution in [-0.4, -0.2) is 61.0 Å². The van der Waals surface area contributed by atoms with Gasteiger partial charge in [-0.25, -0.2) is 19.4 Å². The fraction of sp³-hybridized carbons (Fsp3) is 0.550. The Bertz CT molecular complexity index is 1200. The minimum absolute atomic E-state index is 0.0567. The van der Waals surface area contributed by atoms with Crippen molar-refractivity contribution < 1.29 is 27.8 Å². The van der Waals surface area contributed by atoms with E-state index in [1.54, 1.807) is 31.6 Å². The topological polar surface area (TPSA) is 118 Å². The first-order valence-electron chi connectivity index (χ1n) is 10.4. The molecular formula is C20H23F2N7O4. The van der Waals surface area contributed by atoms with Crippen molar-refractivity contribution in [2.45, 2.75) is 45.9 Å². The van der Waals surface area contributed by atoms with E-state index in [9.17, 15) is 13.6 Å². The van der Waals surface area contributed by atoms with Crippen molar-refractivity contribution in [2.75, 3.05) is 18.5 Å². The number of nitrogens with zero attached hydrogens (tertiary/aromatic N) is 6. The molecule has 0 amide bonds. The molecule has 11 nitrogen and oxygen atoms in total. The van der Waals surface area contributed by atoms with Gasteiger partial charge in [0, 0.05) is 11.5 Å². The largest absolute Gasteiger partial charge is 0.442 e. The summed E-state index contributed by atoms with van der Waals surface area (Å²) in [6.45, 7) is 3.97. The maximum atomic E-state index is 12.8. The van der Waals surface area contributed by atoms with Crippen LogP contribution >= 0.6 is 0 Å². The van der Waals surface area contributed by atoms with E-state index in [-0.39, 0.29) is 11.2 Å². The number of hydrogen-bond acceptors (Lipinski definition) is 9. The summed E-state index contributed by atoms with van der Waals surface area (Å²) in [7, 11) is 0. The van der Waals surface area contributed by atoms with Crippen LogP contribution in [0.3, 0.4) is 0 Å². The number of carbonyl (C=O) groups is 1. The molecule has 3 aromatic rings. The van der Waals surface area contributed by atoms with Crippen LogP contribution < -0.4 is 10.1 Å². The highest BCUT2D eigenvalue weighted by molar-refractivity contribution is 5.74. The van der Waals surface area contributed by atoms with Crippen LogP contribution in [0.4, 0.5) is 25.2 Å². The van der Waals surface area contributed by atoms with Gasteiger partial charge >= 0.3 is 12.7 Å². The number of rotatable bonds is 6. The molecule has 2 unspecified atom stereocenters. The molecule has 0 aromatic carbocycles. The number of nitrogens with one attached hydrogen (secondary N) is 1. The van der Waals surface area contributed by atoms with E-state index in [2.05, 4.69) is 30.2 Å². The zero-order valence-corrected chi connectivity index (χ0v) is 18.3. The summed E-state index contributed by atoms with van der Waals surface area (Å²) in [5.74, 6) is 0.438. The molecule has 0 radical (unpaired) electrons. The highest BCUT2D eigenvalue weighted by Gasteiger charge is 2.58. The van der Waals surface area contributed by atoms with Crippen LogP contribution in [0.2, 0.25) is 0 Å². The zero-order valence-electron chi connectivity index (χ0n) is 18.3. The van der Waals surface area contributed by atoms with E-state index in [4.69, 9.17) is 9.47 Å². The first kappa shape index (κ1) is 21.5. The number of hydrogen-bond donors (Lipinski definition) is 1. The van der Waals surface area contributed by atoms with Gasteiger partial charge < -0.3 is 19.5 Å². The molecule has 1 N–H and O–H groups in total. The third-order valence-corrected chi connectivity index (χ3v) is 5.59. The van der Waals surface area contributed by atoms with Crippen LogP contribution in [0.15, 0.2) is 18.5 Å². The Morgan fingerprint density at radius 2 is 2.18 bits per heavy atom. The molecule has 2 fully saturated rings. The Morgan fingerprint density at radius 1 is 1.36 bits per heavy atom. The van der Waals surface area contributed by atoms with Crippen LogP contribution in [0.1, 0.15) is 27.2 Å². The highest BCUT2D eigenvalue weighted by atomic mass is 19.3.